The average Bonchev–Trinajstić information content (AvgIpc) is 2.18. The molecule has 0 aromatic rings. The highest BCUT2D eigenvalue weighted by molar-refractivity contribution is 6.21. The van der Waals surface area contributed by atoms with Crippen LogP contribution < -0.4 is 0 Å². The van der Waals surface area contributed by atoms with E-state index in [0.717, 1.165) is 6.42 Å². The van der Waals surface area contributed by atoms with E-state index in [1.165, 1.54) is 0 Å². The van der Waals surface area contributed by atoms with Gasteiger partial charge in [0, 0.05) is 11.3 Å². The van der Waals surface area contributed by atoms with E-state index >= 15 is 0 Å². The summed E-state index contributed by atoms with van der Waals surface area (Å²) in [7, 11) is 0. The lowest BCUT2D eigenvalue weighted by atomic mass is 10.1. The third-order valence-corrected chi connectivity index (χ3v) is 4.00. The molecule has 0 heterocycles. The van der Waals surface area contributed by atoms with E-state index in [1.807, 2.05) is 0 Å². The molecule has 4 saturated carbocycles. The van der Waals surface area contributed by atoms with Crippen LogP contribution in [0.25, 0.3) is 0 Å². The number of hydrogen-bond acceptors (Lipinski definition) is 0. The Morgan fingerprint density at radius 3 is 2.11 bits per heavy atom. The van der Waals surface area contributed by atoms with E-state index < -0.39 is 6.17 Å². The molecule has 0 saturated heterocycles. The quantitative estimate of drug-likeness (QED) is 0.458. The molecular weight excluding hydrogens is 139 g/mol. The standard InChI is InChI=1S/C7H8ClF/c8-6-3-1-2-4(6)5(2)7(3)9/h2-7H,1H2/t2-,3+,4?,5?,6-,7+/m1/s1. The van der Waals surface area contributed by atoms with Gasteiger partial charge in [0.05, 0.1) is 0 Å². The Morgan fingerprint density at radius 1 is 1.22 bits per heavy atom. The molecule has 9 heavy (non-hydrogen) atoms. The van der Waals surface area contributed by atoms with Crippen molar-refractivity contribution in [3.05, 3.63) is 0 Å². The highest BCUT2D eigenvalue weighted by atomic mass is 35.5. The first kappa shape index (κ1) is 4.95. The number of alkyl halides is 2. The summed E-state index contributed by atoms with van der Waals surface area (Å²) < 4.78 is 13.0. The van der Waals surface area contributed by atoms with Crippen molar-refractivity contribution in [1.82, 2.24) is 0 Å². The van der Waals surface area contributed by atoms with Gasteiger partial charge in [-0.25, -0.2) is 4.39 Å². The molecule has 0 spiro atoms. The zero-order chi connectivity index (χ0) is 6.17. The van der Waals surface area contributed by atoms with E-state index in [1.54, 1.807) is 0 Å². The smallest absolute Gasteiger partial charge is 0.108 e. The van der Waals surface area contributed by atoms with Crippen LogP contribution in [0.1, 0.15) is 6.42 Å². The fourth-order valence-electron chi connectivity index (χ4n) is 2.96. The highest BCUT2D eigenvalue weighted by Crippen LogP contribution is 2.72. The number of hydrogen-bond donors (Lipinski definition) is 0. The molecule has 0 aromatic heterocycles. The van der Waals surface area contributed by atoms with Crippen molar-refractivity contribution in [3.63, 3.8) is 0 Å². The van der Waals surface area contributed by atoms with Gasteiger partial charge < -0.3 is 0 Å². The maximum absolute atomic E-state index is 13.0. The summed E-state index contributed by atoms with van der Waals surface area (Å²) in [5.41, 5.74) is 0. The fraction of sp³-hybridized carbons (Fsp3) is 1.00. The Labute approximate surface area is 58.4 Å². The fourth-order valence-corrected chi connectivity index (χ4v) is 3.56. The molecule has 4 rings (SSSR count). The van der Waals surface area contributed by atoms with E-state index in [4.69, 9.17) is 11.6 Å². The molecule has 0 nitrogen and oxygen atoms in total. The zero-order valence-electron chi connectivity index (χ0n) is 4.93. The van der Waals surface area contributed by atoms with Crippen molar-refractivity contribution in [2.45, 2.75) is 18.0 Å². The van der Waals surface area contributed by atoms with Crippen LogP contribution in [0.2, 0.25) is 0 Å². The molecule has 6 atom stereocenters. The minimum atomic E-state index is -0.525. The van der Waals surface area contributed by atoms with Crippen molar-refractivity contribution in [2.75, 3.05) is 0 Å². The first-order valence-electron chi connectivity index (χ1n) is 3.59. The van der Waals surface area contributed by atoms with Crippen LogP contribution in [-0.2, 0) is 0 Å². The van der Waals surface area contributed by atoms with Crippen LogP contribution in [0.3, 0.4) is 0 Å². The molecule has 0 aromatic carbocycles. The maximum atomic E-state index is 13.0. The van der Waals surface area contributed by atoms with Gasteiger partial charge in [0.15, 0.2) is 0 Å². The summed E-state index contributed by atoms with van der Waals surface area (Å²) in [6, 6.07) is 0. The first-order chi connectivity index (χ1) is 4.30. The lowest BCUT2D eigenvalue weighted by Crippen LogP contribution is -2.11. The van der Waals surface area contributed by atoms with E-state index in [9.17, 15) is 4.39 Å². The molecule has 4 bridgehead atoms. The second-order valence-corrected chi connectivity index (χ2v) is 4.11. The van der Waals surface area contributed by atoms with Crippen LogP contribution in [0.4, 0.5) is 4.39 Å². The van der Waals surface area contributed by atoms with Gasteiger partial charge in [-0.2, -0.15) is 0 Å². The van der Waals surface area contributed by atoms with Crippen molar-refractivity contribution < 1.29 is 4.39 Å². The van der Waals surface area contributed by atoms with Gasteiger partial charge in [-0.3, -0.25) is 0 Å². The lowest BCUT2D eigenvalue weighted by Gasteiger charge is -2.06. The largest absolute Gasteiger partial charge is 0.247 e. The molecule has 4 aliphatic rings. The predicted octanol–water partition coefficient (Wildman–Crippen LogP) is 1.83. The average molecular weight is 147 g/mol. The summed E-state index contributed by atoms with van der Waals surface area (Å²) >= 11 is 5.95. The Hall–Kier alpha value is 0.220. The predicted molar refractivity (Wildman–Crippen MR) is 33.1 cm³/mol. The van der Waals surface area contributed by atoms with Crippen molar-refractivity contribution in [1.29, 1.82) is 0 Å². The van der Waals surface area contributed by atoms with Crippen LogP contribution in [0.15, 0.2) is 0 Å². The Bertz CT molecular complexity index is 150. The topological polar surface area (TPSA) is 0 Å². The SMILES string of the molecule is F[C@@H]1C2C3[C@H]2C[C@H]1[C@H]3Cl. The van der Waals surface area contributed by atoms with E-state index in [2.05, 4.69) is 0 Å². The van der Waals surface area contributed by atoms with Crippen molar-refractivity contribution in [2.24, 2.45) is 23.7 Å². The number of rotatable bonds is 0. The lowest BCUT2D eigenvalue weighted by molar-refractivity contribution is 0.272. The molecule has 2 unspecified atom stereocenters. The maximum Gasteiger partial charge on any atom is 0.108 e. The van der Waals surface area contributed by atoms with Gasteiger partial charge >= 0.3 is 0 Å². The van der Waals surface area contributed by atoms with Gasteiger partial charge in [-0.05, 0) is 24.2 Å². The molecule has 50 valence electrons. The molecule has 2 heteroatoms. The summed E-state index contributed by atoms with van der Waals surface area (Å²) in [6.07, 6.45) is 0.562. The third kappa shape index (κ3) is 0.348. The first-order valence-corrected chi connectivity index (χ1v) is 4.02. The normalized spacial score (nSPS) is 75.3. The Morgan fingerprint density at radius 2 is 2.00 bits per heavy atom. The van der Waals surface area contributed by atoms with Crippen LogP contribution in [-0.4, -0.2) is 11.5 Å². The second-order valence-electron chi connectivity index (χ2n) is 3.61. The summed E-state index contributed by atoms with van der Waals surface area (Å²) in [5, 5.41) is 0.204. The van der Waals surface area contributed by atoms with E-state index in [-0.39, 0.29) is 11.3 Å². The van der Waals surface area contributed by atoms with Crippen LogP contribution in [0, 0.1) is 23.7 Å². The summed E-state index contributed by atoms with van der Waals surface area (Å²) in [4.78, 5) is 0. The molecular formula is C7H8ClF. The van der Waals surface area contributed by atoms with Gasteiger partial charge in [0.1, 0.15) is 6.17 Å². The highest BCUT2D eigenvalue weighted by Gasteiger charge is 2.73. The second kappa shape index (κ2) is 1.16. The monoisotopic (exact) mass is 146 g/mol. The zero-order valence-corrected chi connectivity index (χ0v) is 5.68. The molecule has 0 N–H and O–H groups in total. The van der Waals surface area contributed by atoms with Gasteiger partial charge in [0.2, 0.25) is 0 Å². The molecule has 4 fully saturated rings. The van der Waals surface area contributed by atoms with Gasteiger partial charge in [0.25, 0.3) is 0 Å². The molecule has 4 aliphatic carbocycles. The van der Waals surface area contributed by atoms with Crippen LogP contribution >= 0.6 is 11.6 Å². The Balaban J connectivity index is 2.07. The van der Waals surface area contributed by atoms with Gasteiger partial charge in [-0.1, -0.05) is 0 Å². The minimum absolute atomic E-state index is 0.204. The summed E-state index contributed by atoms with van der Waals surface area (Å²) in [6.45, 7) is 0. The molecule has 0 amide bonds. The van der Waals surface area contributed by atoms with Gasteiger partial charge in [-0.15, -0.1) is 11.6 Å². The van der Waals surface area contributed by atoms with Crippen molar-refractivity contribution in [3.8, 4) is 0 Å². The Kier molecular flexibility index (Phi) is 0.638. The summed E-state index contributed by atoms with van der Waals surface area (Å²) in [5.74, 6) is 1.93. The van der Waals surface area contributed by atoms with Crippen LogP contribution in [0.5, 0.6) is 0 Å². The molecule has 0 aliphatic heterocycles. The van der Waals surface area contributed by atoms with E-state index in [0.29, 0.717) is 17.8 Å². The number of halogens is 2. The third-order valence-electron chi connectivity index (χ3n) is 3.39. The van der Waals surface area contributed by atoms with Crippen molar-refractivity contribution >= 4 is 11.6 Å². The minimum Gasteiger partial charge on any atom is -0.247 e. The molecule has 0 radical (unpaired) electrons.